The Kier molecular flexibility index (Phi) is 6.97. The van der Waals surface area contributed by atoms with Crippen LogP contribution in [0, 0.1) is 0 Å². The molecule has 6 rings (SSSR count). The van der Waals surface area contributed by atoms with Crippen LogP contribution < -0.4 is 34.4 Å². The summed E-state index contributed by atoms with van der Waals surface area (Å²) in [6.45, 7) is 0. The van der Waals surface area contributed by atoms with E-state index in [9.17, 15) is 0 Å². The molecule has 0 heterocycles. The van der Waals surface area contributed by atoms with Crippen molar-refractivity contribution in [1.82, 2.24) is 0 Å². The highest BCUT2D eigenvalue weighted by Crippen LogP contribution is 2.26. The molecule has 12 N–H and O–H groups in total. The molecule has 0 radical (unpaired) electrons. The molecule has 0 amide bonds. The van der Waals surface area contributed by atoms with Crippen LogP contribution in [-0.4, -0.2) is 0 Å². The lowest BCUT2D eigenvalue weighted by Gasteiger charge is -2.03. The summed E-state index contributed by atoms with van der Waals surface area (Å²) in [6, 6.07) is 34.6. The van der Waals surface area contributed by atoms with Gasteiger partial charge in [0, 0.05) is 66.4 Å². The van der Waals surface area contributed by atoms with Crippen LogP contribution in [0.5, 0.6) is 0 Å². The minimum absolute atomic E-state index is 0.778. The van der Waals surface area contributed by atoms with Gasteiger partial charge in [-0.25, -0.2) is 0 Å². The number of nitrogens with two attached hydrogens (primary N) is 6. The largest absolute Gasteiger partial charge is 0.398 e. The van der Waals surface area contributed by atoms with Crippen LogP contribution in [0.2, 0.25) is 0 Å². The van der Waals surface area contributed by atoms with Gasteiger partial charge in [0.25, 0.3) is 0 Å². The van der Waals surface area contributed by atoms with E-state index in [4.69, 9.17) is 34.4 Å². The van der Waals surface area contributed by atoms with Gasteiger partial charge in [0.1, 0.15) is 0 Å². The van der Waals surface area contributed by atoms with Crippen molar-refractivity contribution < 1.29 is 0 Å². The lowest BCUT2D eigenvalue weighted by molar-refractivity contribution is 1.71. The molecule has 0 aliphatic heterocycles. The van der Waals surface area contributed by atoms with Crippen LogP contribution in [-0.2, 0) is 0 Å². The van der Waals surface area contributed by atoms with Crippen LogP contribution in [0.3, 0.4) is 0 Å². The van der Waals surface area contributed by atoms with Gasteiger partial charge in [0.05, 0.1) is 0 Å². The fraction of sp³-hybridized carbons (Fsp3) is 0. The van der Waals surface area contributed by atoms with Crippen LogP contribution in [0.1, 0.15) is 0 Å². The van der Waals surface area contributed by atoms with Gasteiger partial charge in [-0.3, -0.25) is 0 Å². The van der Waals surface area contributed by atoms with E-state index in [1.54, 1.807) is 0 Å². The summed E-state index contributed by atoms with van der Waals surface area (Å²) in [7, 11) is 0. The number of rotatable bonds is 0. The summed E-state index contributed by atoms with van der Waals surface area (Å²) in [5, 5.41) is 6.15. The third kappa shape index (κ3) is 5.03. The average molecular weight is 475 g/mol. The maximum absolute atomic E-state index is 5.77. The lowest BCUT2D eigenvalue weighted by atomic mass is 10.1. The summed E-state index contributed by atoms with van der Waals surface area (Å²) in [6.07, 6.45) is 0. The lowest BCUT2D eigenvalue weighted by Crippen LogP contribution is -1.90. The Balaban J connectivity index is 0.000000127. The Bertz CT molecular complexity index is 1340. The van der Waals surface area contributed by atoms with Crippen molar-refractivity contribution in [3.8, 4) is 0 Å². The van der Waals surface area contributed by atoms with Crippen LogP contribution in [0.15, 0.2) is 109 Å². The molecule has 180 valence electrons. The van der Waals surface area contributed by atoms with Gasteiger partial charge in [0.15, 0.2) is 0 Å². The zero-order valence-corrected chi connectivity index (χ0v) is 19.9. The van der Waals surface area contributed by atoms with Gasteiger partial charge in [-0.05, 0) is 36.4 Å². The predicted octanol–water partition coefficient (Wildman–Crippen LogP) is 6.01. The first-order valence-corrected chi connectivity index (χ1v) is 11.4. The maximum Gasteiger partial charge on any atom is 0.0394 e. The fourth-order valence-electron chi connectivity index (χ4n) is 4.08. The quantitative estimate of drug-likeness (QED) is 0.148. The Hall–Kier alpha value is -5.10. The molecule has 6 aromatic carbocycles. The van der Waals surface area contributed by atoms with Crippen molar-refractivity contribution in [2.24, 2.45) is 0 Å². The number of fused-ring (bicyclic) bond motifs is 3. The molecule has 6 nitrogen and oxygen atoms in total. The van der Waals surface area contributed by atoms with Crippen molar-refractivity contribution in [3.63, 3.8) is 0 Å². The average Bonchev–Trinajstić information content (AvgIpc) is 2.87. The second-order valence-electron chi connectivity index (χ2n) is 8.37. The Morgan fingerprint density at radius 2 is 0.361 bits per heavy atom. The highest BCUT2D eigenvalue weighted by Gasteiger charge is 2.00. The van der Waals surface area contributed by atoms with Crippen LogP contribution in [0.4, 0.5) is 34.1 Å². The van der Waals surface area contributed by atoms with Crippen molar-refractivity contribution in [2.45, 2.75) is 0 Å². The third-order valence-electron chi connectivity index (χ3n) is 5.97. The minimum Gasteiger partial charge on any atom is -0.398 e. The Morgan fingerprint density at radius 1 is 0.222 bits per heavy atom. The number of hydrogen-bond donors (Lipinski definition) is 6. The highest BCUT2D eigenvalue weighted by molar-refractivity contribution is 6.01. The summed E-state index contributed by atoms with van der Waals surface area (Å²) < 4.78 is 0. The standard InChI is InChI=1S/3C10H10N2/c3*11-9-5-1-3-7-8(9)4-2-6-10(7)12/h3*1-6H,11-12H2. The molecule has 6 heteroatoms. The Labute approximate surface area is 210 Å². The topological polar surface area (TPSA) is 156 Å². The molecular weight excluding hydrogens is 444 g/mol. The van der Waals surface area contributed by atoms with E-state index in [1.165, 1.54) is 0 Å². The molecule has 0 bridgehead atoms. The third-order valence-corrected chi connectivity index (χ3v) is 5.97. The zero-order chi connectivity index (χ0) is 25.7. The molecule has 0 aliphatic carbocycles. The summed E-state index contributed by atoms with van der Waals surface area (Å²) in [5.74, 6) is 0. The van der Waals surface area contributed by atoms with Crippen molar-refractivity contribution in [1.29, 1.82) is 0 Å². The van der Waals surface area contributed by atoms with Crippen molar-refractivity contribution in [3.05, 3.63) is 109 Å². The molecule has 36 heavy (non-hydrogen) atoms. The fourth-order valence-corrected chi connectivity index (χ4v) is 4.08. The summed E-state index contributed by atoms with van der Waals surface area (Å²) in [4.78, 5) is 0. The summed E-state index contributed by atoms with van der Waals surface area (Å²) in [5.41, 5.74) is 39.3. The van der Waals surface area contributed by atoms with Crippen molar-refractivity contribution in [2.75, 3.05) is 34.4 Å². The SMILES string of the molecule is Nc1cccc2c(N)cccc12.Nc1cccc2c(N)cccc12.Nc1cccc2c(N)cccc12. The molecule has 0 saturated heterocycles. The van der Waals surface area contributed by atoms with Gasteiger partial charge < -0.3 is 34.4 Å². The molecular formula is C30H30N6. The molecule has 0 aromatic heterocycles. The summed E-state index contributed by atoms with van der Waals surface area (Å²) >= 11 is 0. The number of anilines is 6. The van der Waals surface area contributed by atoms with Gasteiger partial charge in [0.2, 0.25) is 0 Å². The second-order valence-corrected chi connectivity index (χ2v) is 8.37. The van der Waals surface area contributed by atoms with Gasteiger partial charge in [-0.1, -0.05) is 72.8 Å². The molecule has 6 aromatic rings. The van der Waals surface area contributed by atoms with E-state index in [1.807, 2.05) is 109 Å². The van der Waals surface area contributed by atoms with Crippen LogP contribution in [0.25, 0.3) is 32.3 Å². The van der Waals surface area contributed by atoms with E-state index in [2.05, 4.69) is 0 Å². The molecule has 0 aliphatic rings. The molecule has 0 atom stereocenters. The first-order chi connectivity index (χ1) is 17.4. The first kappa shape index (κ1) is 24.0. The van der Waals surface area contributed by atoms with E-state index in [0.29, 0.717) is 0 Å². The molecule has 0 saturated carbocycles. The molecule has 0 spiro atoms. The maximum atomic E-state index is 5.77. The zero-order valence-electron chi connectivity index (χ0n) is 19.9. The van der Waals surface area contributed by atoms with Crippen LogP contribution >= 0.6 is 0 Å². The van der Waals surface area contributed by atoms with E-state index in [0.717, 1.165) is 66.4 Å². The number of benzene rings is 6. The number of nitrogen functional groups attached to an aromatic ring is 6. The van der Waals surface area contributed by atoms with Crippen molar-refractivity contribution >= 4 is 66.4 Å². The molecule has 0 fully saturated rings. The van der Waals surface area contributed by atoms with Gasteiger partial charge in [-0.15, -0.1) is 0 Å². The normalized spacial score (nSPS) is 10.3. The number of hydrogen-bond acceptors (Lipinski definition) is 6. The monoisotopic (exact) mass is 474 g/mol. The second kappa shape index (κ2) is 10.4. The Morgan fingerprint density at radius 3 is 0.500 bits per heavy atom. The molecule has 0 unspecified atom stereocenters. The minimum atomic E-state index is 0.778. The highest BCUT2D eigenvalue weighted by atomic mass is 14.6. The van der Waals surface area contributed by atoms with Gasteiger partial charge in [-0.2, -0.15) is 0 Å². The first-order valence-electron chi connectivity index (χ1n) is 11.4. The predicted molar refractivity (Wildman–Crippen MR) is 158 cm³/mol. The smallest absolute Gasteiger partial charge is 0.0394 e. The van der Waals surface area contributed by atoms with E-state index >= 15 is 0 Å². The van der Waals surface area contributed by atoms with Gasteiger partial charge >= 0.3 is 0 Å². The van der Waals surface area contributed by atoms with E-state index < -0.39 is 0 Å². The van der Waals surface area contributed by atoms with E-state index in [-0.39, 0.29) is 0 Å².